The number of anilines is 1. The molecule has 1 saturated heterocycles. The lowest BCUT2D eigenvalue weighted by Gasteiger charge is -2.31. The van der Waals surface area contributed by atoms with E-state index in [2.05, 4.69) is 4.90 Å². The molecule has 32 heavy (non-hydrogen) atoms. The van der Waals surface area contributed by atoms with Gasteiger partial charge in [-0.15, -0.1) is 0 Å². The molecule has 0 radical (unpaired) electrons. The monoisotopic (exact) mass is 438 g/mol. The van der Waals surface area contributed by atoms with Gasteiger partial charge in [-0.05, 0) is 42.8 Å². The van der Waals surface area contributed by atoms with Crippen molar-refractivity contribution < 1.29 is 23.1 Å². The van der Waals surface area contributed by atoms with E-state index in [9.17, 15) is 9.18 Å². The Kier molecular flexibility index (Phi) is 5.48. The molecular formula is C23H23FN4O4. The van der Waals surface area contributed by atoms with E-state index in [4.69, 9.17) is 23.9 Å². The molecule has 5 rings (SSSR count). The second-order valence-electron chi connectivity index (χ2n) is 7.82. The number of hydrogen-bond acceptors (Lipinski definition) is 7. The van der Waals surface area contributed by atoms with Crippen molar-refractivity contribution in [1.29, 1.82) is 0 Å². The number of benzene rings is 1. The maximum absolute atomic E-state index is 13.7. The molecule has 9 heteroatoms. The van der Waals surface area contributed by atoms with Crippen LogP contribution in [0.2, 0.25) is 0 Å². The first-order chi connectivity index (χ1) is 15.6. The van der Waals surface area contributed by atoms with Crippen LogP contribution >= 0.6 is 0 Å². The molecule has 2 aliphatic heterocycles. The average Bonchev–Trinajstić information content (AvgIpc) is 3.36. The van der Waals surface area contributed by atoms with Crippen LogP contribution in [0.1, 0.15) is 27.4 Å². The molecule has 2 aromatic heterocycles. The molecule has 4 heterocycles. The number of aryl methyl sites for hydroxylation is 1. The Bertz CT molecular complexity index is 1130. The smallest absolute Gasteiger partial charge is 0.289 e. The number of halogens is 1. The van der Waals surface area contributed by atoms with Gasteiger partial charge in [0.2, 0.25) is 11.8 Å². The third-order valence-corrected chi connectivity index (χ3v) is 5.67. The molecule has 1 fully saturated rings. The summed E-state index contributed by atoms with van der Waals surface area (Å²) in [4.78, 5) is 26.1. The van der Waals surface area contributed by atoms with Crippen LogP contribution in [-0.4, -0.2) is 53.6 Å². The topological polar surface area (TPSA) is 80.9 Å². The second kappa shape index (κ2) is 8.58. The molecule has 1 amide bonds. The van der Waals surface area contributed by atoms with E-state index in [0.29, 0.717) is 69.0 Å². The molecule has 0 aliphatic carbocycles. The molecule has 1 aromatic carbocycles. The lowest BCUT2D eigenvalue weighted by Crippen LogP contribution is -2.39. The van der Waals surface area contributed by atoms with Crippen molar-refractivity contribution in [3.8, 4) is 11.6 Å². The van der Waals surface area contributed by atoms with E-state index in [1.54, 1.807) is 36.1 Å². The second-order valence-corrected chi connectivity index (χ2v) is 7.82. The van der Waals surface area contributed by atoms with Crippen molar-refractivity contribution in [2.45, 2.75) is 19.9 Å². The Morgan fingerprint density at radius 1 is 1.16 bits per heavy atom. The molecule has 0 saturated carbocycles. The zero-order valence-corrected chi connectivity index (χ0v) is 17.7. The number of carbonyl (C=O) groups is 1. The standard InChI is InChI=1S/C23H23FN4O4/c1-15-13-16(4-5-18(15)24)32-21-17-14-28(22(29)20-3-2-10-31-20)7-6-19(17)25-23(26-21)27-8-11-30-12-9-27/h2-5,10,13H,6-9,11-12,14H2,1H3. The molecule has 0 N–H and O–H groups in total. The zero-order valence-electron chi connectivity index (χ0n) is 17.7. The fourth-order valence-corrected chi connectivity index (χ4v) is 3.88. The lowest BCUT2D eigenvalue weighted by atomic mass is 10.1. The van der Waals surface area contributed by atoms with Gasteiger partial charge in [0.05, 0.1) is 37.3 Å². The molecule has 8 nitrogen and oxygen atoms in total. The van der Waals surface area contributed by atoms with Gasteiger partial charge >= 0.3 is 0 Å². The van der Waals surface area contributed by atoms with Crippen LogP contribution in [0.15, 0.2) is 41.0 Å². The summed E-state index contributed by atoms with van der Waals surface area (Å²) in [5, 5.41) is 0. The highest BCUT2D eigenvalue weighted by atomic mass is 19.1. The number of hydrogen-bond donors (Lipinski definition) is 0. The van der Waals surface area contributed by atoms with Crippen molar-refractivity contribution in [2.75, 3.05) is 37.7 Å². The minimum absolute atomic E-state index is 0.193. The van der Waals surface area contributed by atoms with Crippen molar-refractivity contribution in [3.05, 3.63) is 65.0 Å². The number of nitrogens with zero attached hydrogens (tertiary/aromatic N) is 4. The average molecular weight is 438 g/mol. The normalized spacial score (nSPS) is 16.1. The van der Waals surface area contributed by atoms with Gasteiger partial charge < -0.3 is 23.7 Å². The molecule has 0 bridgehead atoms. The van der Waals surface area contributed by atoms with Gasteiger partial charge in [0, 0.05) is 26.1 Å². The summed E-state index contributed by atoms with van der Waals surface area (Å²) in [7, 11) is 0. The van der Waals surface area contributed by atoms with Crippen LogP contribution in [0, 0.1) is 12.7 Å². The Morgan fingerprint density at radius 3 is 2.75 bits per heavy atom. The first-order valence-corrected chi connectivity index (χ1v) is 10.6. The van der Waals surface area contributed by atoms with Gasteiger partial charge in [-0.3, -0.25) is 4.79 Å². The van der Waals surface area contributed by atoms with E-state index >= 15 is 0 Å². The largest absolute Gasteiger partial charge is 0.459 e. The first kappa shape index (κ1) is 20.4. The quantitative estimate of drug-likeness (QED) is 0.618. The molecule has 3 aromatic rings. The van der Waals surface area contributed by atoms with Crippen molar-refractivity contribution >= 4 is 11.9 Å². The van der Waals surface area contributed by atoms with Gasteiger partial charge in [-0.2, -0.15) is 4.98 Å². The maximum Gasteiger partial charge on any atom is 0.289 e. The van der Waals surface area contributed by atoms with Gasteiger partial charge in [0.25, 0.3) is 5.91 Å². The number of ether oxygens (including phenoxy) is 2. The van der Waals surface area contributed by atoms with E-state index < -0.39 is 0 Å². The number of carbonyl (C=O) groups excluding carboxylic acids is 1. The Labute approximate surface area is 184 Å². The molecule has 0 spiro atoms. The number of rotatable bonds is 4. The Hall–Kier alpha value is -3.46. The van der Waals surface area contributed by atoms with Crippen LogP contribution in [-0.2, 0) is 17.7 Å². The minimum Gasteiger partial charge on any atom is -0.459 e. The van der Waals surface area contributed by atoms with E-state index in [1.165, 1.54) is 12.3 Å². The molecule has 0 unspecified atom stereocenters. The zero-order chi connectivity index (χ0) is 22.1. The number of aromatic nitrogens is 2. The lowest BCUT2D eigenvalue weighted by molar-refractivity contribution is 0.0699. The van der Waals surface area contributed by atoms with Gasteiger partial charge in [-0.1, -0.05) is 0 Å². The van der Waals surface area contributed by atoms with Crippen LogP contribution in [0.5, 0.6) is 11.6 Å². The number of amides is 1. The van der Waals surface area contributed by atoms with Crippen molar-refractivity contribution in [3.63, 3.8) is 0 Å². The number of fused-ring (bicyclic) bond motifs is 1. The number of furan rings is 1. The third-order valence-electron chi connectivity index (χ3n) is 5.67. The fraction of sp³-hybridized carbons (Fsp3) is 0.348. The fourth-order valence-electron chi connectivity index (χ4n) is 3.88. The maximum atomic E-state index is 13.7. The number of morpholine rings is 1. The summed E-state index contributed by atoms with van der Waals surface area (Å²) in [5.41, 5.74) is 2.07. The van der Waals surface area contributed by atoms with Gasteiger partial charge in [0.1, 0.15) is 11.6 Å². The molecule has 166 valence electrons. The minimum atomic E-state index is -0.300. The Balaban J connectivity index is 1.50. The highest BCUT2D eigenvalue weighted by molar-refractivity contribution is 5.91. The summed E-state index contributed by atoms with van der Waals surface area (Å²) in [6.07, 6.45) is 2.05. The first-order valence-electron chi connectivity index (χ1n) is 10.6. The summed E-state index contributed by atoms with van der Waals surface area (Å²) in [6, 6.07) is 7.91. The molecular weight excluding hydrogens is 415 g/mol. The van der Waals surface area contributed by atoms with Gasteiger partial charge in [-0.25, -0.2) is 9.37 Å². The third kappa shape index (κ3) is 4.03. The highest BCUT2D eigenvalue weighted by Crippen LogP contribution is 2.32. The van der Waals surface area contributed by atoms with Crippen LogP contribution < -0.4 is 9.64 Å². The molecule has 0 atom stereocenters. The summed E-state index contributed by atoms with van der Waals surface area (Å²) in [6.45, 7) is 5.10. The SMILES string of the molecule is Cc1cc(Oc2nc(N3CCOCC3)nc3c2CN(C(=O)c2ccco2)CC3)ccc1F. The predicted octanol–water partition coefficient (Wildman–Crippen LogP) is 3.34. The molecule has 2 aliphatic rings. The Morgan fingerprint density at radius 2 is 2.00 bits per heavy atom. The van der Waals surface area contributed by atoms with E-state index in [0.717, 1.165) is 11.3 Å². The highest BCUT2D eigenvalue weighted by Gasteiger charge is 2.29. The summed E-state index contributed by atoms with van der Waals surface area (Å²) in [5.74, 6) is 1.22. The van der Waals surface area contributed by atoms with Gasteiger partial charge in [0.15, 0.2) is 5.76 Å². The van der Waals surface area contributed by atoms with E-state index in [-0.39, 0.29) is 17.5 Å². The van der Waals surface area contributed by atoms with Crippen molar-refractivity contribution in [2.24, 2.45) is 0 Å². The predicted molar refractivity (Wildman–Crippen MR) is 113 cm³/mol. The summed E-state index contributed by atoms with van der Waals surface area (Å²) >= 11 is 0. The summed E-state index contributed by atoms with van der Waals surface area (Å²) < 4.78 is 30.6. The van der Waals surface area contributed by atoms with Crippen LogP contribution in [0.25, 0.3) is 0 Å². The van der Waals surface area contributed by atoms with Crippen molar-refractivity contribution in [1.82, 2.24) is 14.9 Å². The van der Waals surface area contributed by atoms with Crippen LogP contribution in [0.3, 0.4) is 0 Å². The van der Waals surface area contributed by atoms with Crippen LogP contribution in [0.4, 0.5) is 10.3 Å². The van der Waals surface area contributed by atoms with E-state index in [1.807, 2.05) is 0 Å².